The molecule has 0 fully saturated rings. The maximum absolute atomic E-state index is 10.1. The molecule has 0 aliphatic heterocycles. The maximum Gasteiger partial charge on any atom is 0.222 e. The van der Waals surface area contributed by atoms with Crippen molar-refractivity contribution >= 4 is 27.7 Å². The molecule has 0 spiro atoms. The number of ether oxygens (including phenoxy) is 1. The number of anilines is 1. The second-order valence-corrected chi connectivity index (χ2v) is 3.88. The highest BCUT2D eigenvalue weighted by molar-refractivity contribution is 7.15. The van der Waals surface area contributed by atoms with Gasteiger partial charge in [-0.2, -0.15) is 16.2 Å². The molecular formula is C10H17N8O2P. The Kier molecular flexibility index (Phi) is 7.65. The Balaban J connectivity index is 2.68. The number of carbonyl (C=O) groups excluding carboxylic acids is 1. The fourth-order valence-electron chi connectivity index (χ4n) is 1.28. The highest BCUT2D eigenvalue weighted by Gasteiger charge is 2.09. The van der Waals surface area contributed by atoms with Crippen molar-refractivity contribution < 1.29 is 9.53 Å². The number of carbonyl (C=O) groups is 1. The summed E-state index contributed by atoms with van der Waals surface area (Å²) in [7, 11) is 3.91. The van der Waals surface area contributed by atoms with Gasteiger partial charge in [-0.3, -0.25) is 20.0 Å². The van der Waals surface area contributed by atoms with Gasteiger partial charge >= 0.3 is 0 Å². The summed E-state index contributed by atoms with van der Waals surface area (Å²) in [6, 6.07) is 1.73. The van der Waals surface area contributed by atoms with Crippen LogP contribution in [0.1, 0.15) is 5.69 Å². The van der Waals surface area contributed by atoms with Gasteiger partial charge in [0.15, 0.2) is 5.88 Å². The van der Waals surface area contributed by atoms with Crippen LogP contribution in [0.25, 0.3) is 0 Å². The molecular weight excluding hydrogens is 295 g/mol. The summed E-state index contributed by atoms with van der Waals surface area (Å²) in [6.07, 6.45) is 5.03. The lowest BCUT2D eigenvalue weighted by Crippen LogP contribution is -2.51. The lowest BCUT2D eigenvalue weighted by molar-refractivity contribution is -0.110. The minimum absolute atomic E-state index is 0.128. The van der Waals surface area contributed by atoms with Crippen LogP contribution >= 0.6 is 9.39 Å². The fourth-order valence-corrected chi connectivity index (χ4v) is 1.37. The molecule has 1 heterocycles. The summed E-state index contributed by atoms with van der Waals surface area (Å²) in [5.74, 6) is 0.203. The zero-order valence-corrected chi connectivity index (χ0v) is 12.5. The van der Waals surface area contributed by atoms with E-state index in [9.17, 15) is 4.79 Å². The number of nitrogens with zero attached hydrogens (tertiary/aromatic N) is 4. The fraction of sp³-hybridized carbons (Fsp3) is 0.200. The van der Waals surface area contributed by atoms with E-state index in [2.05, 4.69) is 40.8 Å². The Hall–Kier alpha value is -2.29. The molecule has 114 valence electrons. The first kappa shape index (κ1) is 16.8. The minimum Gasteiger partial charge on any atom is -0.473 e. The Morgan fingerprint density at radius 3 is 3.19 bits per heavy atom. The number of rotatable bonds is 9. The summed E-state index contributed by atoms with van der Waals surface area (Å²) >= 11 is 0. The number of amides is 1. The van der Waals surface area contributed by atoms with Crippen LogP contribution in [0, 0.1) is 0 Å². The third kappa shape index (κ3) is 6.13. The SMILES string of the molecule is CN(NNNC=O)c1ccnnc1COC(N)=CC=NP. The van der Waals surface area contributed by atoms with Gasteiger partial charge in [0, 0.05) is 19.3 Å². The zero-order valence-electron chi connectivity index (χ0n) is 11.4. The molecule has 1 unspecified atom stereocenters. The Morgan fingerprint density at radius 1 is 1.67 bits per heavy atom. The normalized spacial score (nSPS) is 11.4. The molecule has 1 amide bonds. The molecule has 1 aromatic rings. The first-order chi connectivity index (χ1) is 10.2. The van der Waals surface area contributed by atoms with Crippen molar-refractivity contribution in [2.45, 2.75) is 6.61 Å². The molecule has 0 aliphatic carbocycles. The van der Waals surface area contributed by atoms with Crippen LogP contribution in [0.5, 0.6) is 0 Å². The summed E-state index contributed by atoms with van der Waals surface area (Å²) < 4.78 is 9.02. The van der Waals surface area contributed by atoms with Crippen LogP contribution in [-0.4, -0.2) is 29.9 Å². The quantitative estimate of drug-likeness (QED) is 0.111. The zero-order chi connectivity index (χ0) is 15.5. The smallest absolute Gasteiger partial charge is 0.222 e. The number of hydrazine groups is 3. The molecule has 21 heavy (non-hydrogen) atoms. The molecule has 10 nitrogen and oxygen atoms in total. The van der Waals surface area contributed by atoms with Gasteiger partial charge in [0.05, 0.1) is 11.9 Å². The maximum atomic E-state index is 10.1. The summed E-state index contributed by atoms with van der Waals surface area (Å²) in [5.41, 5.74) is 14.3. The second kappa shape index (κ2) is 9.59. The number of hydrogen-bond donors (Lipinski definition) is 4. The number of nitrogens with two attached hydrogens (primary N) is 1. The molecule has 11 heteroatoms. The van der Waals surface area contributed by atoms with Crippen LogP contribution in [0.3, 0.4) is 0 Å². The number of nitrogens with one attached hydrogen (secondary N) is 3. The molecule has 1 rings (SSSR count). The van der Waals surface area contributed by atoms with Gasteiger partial charge in [0.2, 0.25) is 6.41 Å². The van der Waals surface area contributed by atoms with E-state index < -0.39 is 0 Å². The van der Waals surface area contributed by atoms with Gasteiger partial charge in [-0.25, -0.2) is 0 Å². The van der Waals surface area contributed by atoms with E-state index in [-0.39, 0.29) is 12.5 Å². The van der Waals surface area contributed by atoms with Gasteiger partial charge in [0.1, 0.15) is 12.3 Å². The van der Waals surface area contributed by atoms with Crippen LogP contribution in [0.4, 0.5) is 5.69 Å². The van der Waals surface area contributed by atoms with Crippen LogP contribution in [0.2, 0.25) is 0 Å². The van der Waals surface area contributed by atoms with E-state index in [1.807, 2.05) is 0 Å². The molecule has 0 saturated carbocycles. The largest absolute Gasteiger partial charge is 0.473 e. The molecule has 0 aliphatic rings. The van der Waals surface area contributed by atoms with E-state index in [0.29, 0.717) is 17.8 Å². The van der Waals surface area contributed by atoms with Crippen LogP contribution in [-0.2, 0) is 16.1 Å². The minimum atomic E-state index is 0.128. The highest BCUT2D eigenvalue weighted by Crippen LogP contribution is 2.15. The number of hydrogen-bond acceptors (Lipinski definition) is 9. The predicted molar refractivity (Wildman–Crippen MR) is 81.2 cm³/mol. The van der Waals surface area contributed by atoms with Gasteiger partial charge in [-0.15, -0.1) is 5.10 Å². The average Bonchev–Trinajstić information content (AvgIpc) is 2.51. The van der Waals surface area contributed by atoms with Crippen molar-refractivity contribution in [3.63, 3.8) is 0 Å². The Bertz CT molecular complexity index is 510. The first-order valence-corrected chi connectivity index (χ1v) is 6.26. The van der Waals surface area contributed by atoms with E-state index in [0.717, 1.165) is 0 Å². The third-order valence-corrected chi connectivity index (χ3v) is 2.36. The highest BCUT2D eigenvalue weighted by atomic mass is 31.0. The van der Waals surface area contributed by atoms with Gasteiger partial charge in [-0.1, -0.05) is 0 Å². The van der Waals surface area contributed by atoms with Gasteiger partial charge < -0.3 is 10.5 Å². The van der Waals surface area contributed by atoms with E-state index in [4.69, 9.17) is 10.5 Å². The standard InChI is InChI=1S/C10H17N8O2P/c1-18(17-16-13-7-19)9-2-4-12-15-8(9)6-20-10(11)3-5-14-21/h2-5,7,16-17H,6,11,21H2,1H3,(H,13,19). The van der Waals surface area contributed by atoms with E-state index in [1.54, 1.807) is 18.1 Å². The predicted octanol–water partition coefficient (Wildman–Crippen LogP) is -1.24. The van der Waals surface area contributed by atoms with Crippen molar-refractivity contribution in [2.75, 3.05) is 12.1 Å². The lowest BCUT2D eigenvalue weighted by Gasteiger charge is -2.22. The molecule has 1 atom stereocenters. The summed E-state index contributed by atoms with van der Waals surface area (Å²) in [5, 5.41) is 9.37. The van der Waals surface area contributed by atoms with Crippen molar-refractivity contribution in [3.05, 3.63) is 29.9 Å². The molecule has 0 aromatic carbocycles. The molecule has 1 aromatic heterocycles. The van der Waals surface area contributed by atoms with E-state index in [1.165, 1.54) is 18.5 Å². The van der Waals surface area contributed by atoms with Gasteiger partial charge in [-0.05, 0) is 15.5 Å². The average molecular weight is 312 g/mol. The van der Waals surface area contributed by atoms with Crippen LogP contribution < -0.4 is 27.2 Å². The molecule has 0 bridgehead atoms. The molecule has 5 N–H and O–H groups in total. The van der Waals surface area contributed by atoms with Crippen molar-refractivity contribution in [1.82, 2.24) is 26.7 Å². The van der Waals surface area contributed by atoms with Crippen molar-refractivity contribution in [1.29, 1.82) is 0 Å². The first-order valence-electron chi connectivity index (χ1n) is 5.75. The van der Waals surface area contributed by atoms with E-state index >= 15 is 0 Å². The third-order valence-electron chi connectivity index (χ3n) is 2.19. The molecule has 0 saturated heterocycles. The topological polar surface area (TPSA) is 130 Å². The van der Waals surface area contributed by atoms with Crippen LogP contribution in [0.15, 0.2) is 29.0 Å². The van der Waals surface area contributed by atoms with Gasteiger partial charge in [0.25, 0.3) is 0 Å². The lowest BCUT2D eigenvalue weighted by atomic mass is 10.3. The monoisotopic (exact) mass is 312 g/mol. The summed E-state index contributed by atoms with van der Waals surface area (Å²) in [4.78, 5) is 10.1. The van der Waals surface area contributed by atoms with Crippen molar-refractivity contribution in [3.8, 4) is 0 Å². The Labute approximate surface area is 124 Å². The second-order valence-electron chi connectivity index (χ2n) is 3.58. The van der Waals surface area contributed by atoms with Crippen molar-refractivity contribution in [2.24, 2.45) is 10.5 Å². The number of aromatic nitrogens is 2. The Morgan fingerprint density at radius 2 is 2.48 bits per heavy atom. The molecule has 0 radical (unpaired) electrons. The number of allylic oxidation sites excluding steroid dienone is 1. The summed E-state index contributed by atoms with van der Waals surface area (Å²) in [6.45, 7) is 0.128.